The van der Waals surface area contributed by atoms with Crippen LogP contribution in [0.25, 0.3) is 0 Å². The van der Waals surface area contributed by atoms with E-state index in [-0.39, 0.29) is 23.4 Å². The summed E-state index contributed by atoms with van der Waals surface area (Å²) < 4.78 is 5.62. The molecular weight excluding hydrogens is 318 g/mol. The second kappa shape index (κ2) is 7.53. The zero-order chi connectivity index (χ0) is 17.6. The van der Waals surface area contributed by atoms with Crippen molar-refractivity contribution >= 4 is 5.91 Å². The number of phenols is 1. The smallest absolute Gasteiger partial charge is 0.272 e. The van der Waals surface area contributed by atoms with Gasteiger partial charge >= 0.3 is 0 Å². The van der Waals surface area contributed by atoms with Crippen molar-refractivity contribution in [2.45, 2.75) is 19.6 Å². The summed E-state index contributed by atoms with van der Waals surface area (Å²) in [5.74, 6) is 0.573. The van der Waals surface area contributed by atoms with Crippen LogP contribution in [0.5, 0.6) is 11.5 Å². The Morgan fingerprint density at radius 3 is 2.68 bits per heavy atom. The molecule has 0 saturated carbocycles. The number of aromatic hydroxyl groups is 1. The van der Waals surface area contributed by atoms with Gasteiger partial charge in [0, 0.05) is 5.56 Å². The molecule has 2 aromatic carbocycles. The molecule has 1 aromatic heterocycles. The highest BCUT2D eigenvalue weighted by molar-refractivity contribution is 5.92. The highest BCUT2D eigenvalue weighted by atomic mass is 16.5. The first-order chi connectivity index (χ1) is 12.1. The third-order valence-corrected chi connectivity index (χ3v) is 3.75. The van der Waals surface area contributed by atoms with E-state index in [4.69, 9.17) is 4.74 Å². The van der Waals surface area contributed by atoms with Gasteiger partial charge in [-0.25, -0.2) is 0 Å². The van der Waals surface area contributed by atoms with Crippen molar-refractivity contribution in [2.24, 2.45) is 0 Å². The van der Waals surface area contributed by atoms with Gasteiger partial charge in [-0.3, -0.25) is 9.89 Å². The minimum absolute atomic E-state index is 0.147. The summed E-state index contributed by atoms with van der Waals surface area (Å²) in [6.07, 6.45) is 0. The molecule has 0 radical (unpaired) electrons. The molecule has 25 heavy (non-hydrogen) atoms. The molecule has 1 atom stereocenters. The molecule has 0 unspecified atom stereocenters. The van der Waals surface area contributed by atoms with Gasteiger partial charge < -0.3 is 15.2 Å². The summed E-state index contributed by atoms with van der Waals surface area (Å²) >= 11 is 0. The van der Waals surface area contributed by atoms with Crippen LogP contribution in [-0.4, -0.2) is 21.2 Å². The third-order valence-electron chi connectivity index (χ3n) is 3.75. The SMILES string of the molecule is C[C@H](NC(=O)c1cc(COc2ccccc2)[nH]n1)c1ccccc1O. The number of aromatic amines is 1. The van der Waals surface area contributed by atoms with Crippen LogP contribution in [0.2, 0.25) is 0 Å². The highest BCUT2D eigenvalue weighted by Crippen LogP contribution is 2.23. The number of amides is 1. The zero-order valence-corrected chi connectivity index (χ0v) is 13.8. The average Bonchev–Trinajstić information content (AvgIpc) is 3.10. The number of hydrogen-bond donors (Lipinski definition) is 3. The van der Waals surface area contributed by atoms with Crippen LogP contribution in [0.15, 0.2) is 60.7 Å². The zero-order valence-electron chi connectivity index (χ0n) is 13.8. The summed E-state index contributed by atoms with van der Waals surface area (Å²) in [7, 11) is 0. The van der Waals surface area contributed by atoms with E-state index in [1.54, 1.807) is 31.2 Å². The molecule has 3 rings (SSSR count). The van der Waals surface area contributed by atoms with E-state index in [0.717, 1.165) is 5.75 Å². The molecule has 0 fully saturated rings. The van der Waals surface area contributed by atoms with E-state index in [1.165, 1.54) is 0 Å². The van der Waals surface area contributed by atoms with Gasteiger partial charge in [-0.1, -0.05) is 36.4 Å². The Hall–Kier alpha value is -3.28. The summed E-state index contributed by atoms with van der Waals surface area (Å²) in [6, 6.07) is 17.6. The van der Waals surface area contributed by atoms with Gasteiger partial charge in [0.1, 0.15) is 23.8 Å². The number of aromatic nitrogens is 2. The molecule has 0 saturated heterocycles. The largest absolute Gasteiger partial charge is 0.508 e. The number of rotatable bonds is 6. The molecule has 1 amide bonds. The van der Waals surface area contributed by atoms with Crippen molar-refractivity contribution in [3.63, 3.8) is 0 Å². The van der Waals surface area contributed by atoms with Crippen molar-refractivity contribution in [3.05, 3.63) is 77.6 Å². The first kappa shape index (κ1) is 16.6. The second-order valence-electron chi connectivity index (χ2n) is 5.63. The van der Waals surface area contributed by atoms with Crippen LogP contribution < -0.4 is 10.1 Å². The number of carbonyl (C=O) groups excluding carboxylic acids is 1. The first-order valence-electron chi connectivity index (χ1n) is 7.94. The Morgan fingerprint density at radius 1 is 1.20 bits per heavy atom. The van der Waals surface area contributed by atoms with Crippen LogP contribution in [0.4, 0.5) is 0 Å². The van der Waals surface area contributed by atoms with E-state index in [1.807, 2.05) is 36.4 Å². The maximum atomic E-state index is 12.3. The minimum Gasteiger partial charge on any atom is -0.508 e. The fourth-order valence-electron chi connectivity index (χ4n) is 2.43. The van der Waals surface area contributed by atoms with E-state index in [2.05, 4.69) is 15.5 Å². The lowest BCUT2D eigenvalue weighted by Gasteiger charge is -2.14. The van der Waals surface area contributed by atoms with Gasteiger partial charge in [0.15, 0.2) is 0 Å². The Bertz CT molecular complexity index is 846. The van der Waals surface area contributed by atoms with Gasteiger partial charge in [0.05, 0.1) is 11.7 Å². The summed E-state index contributed by atoms with van der Waals surface area (Å²) in [5.41, 5.74) is 1.62. The first-order valence-corrected chi connectivity index (χ1v) is 7.94. The molecule has 0 aliphatic heterocycles. The van der Waals surface area contributed by atoms with Crippen LogP contribution >= 0.6 is 0 Å². The molecule has 0 bridgehead atoms. The summed E-state index contributed by atoms with van der Waals surface area (Å²) in [6.45, 7) is 2.10. The van der Waals surface area contributed by atoms with Crippen LogP contribution in [-0.2, 0) is 6.61 Å². The fraction of sp³-hybridized carbons (Fsp3) is 0.158. The van der Waals surface area contributed by atoms with Crippen LogP contribution in [0, 0.1) is 0 Å². The van der Waals surface area contributed by atoms with Gasteiger partial charge in [-0.05, 0) is 31.2 Å². The second-order valence-corrected chi connectivity index (χ2v) is 5.63. The van der Waals surface area contributed by atoms with Crippen molar-refractivity contribution < 1.29 is 14.6 Å². The normalized spacial score (nSPS) is 11.7. The number of phenolic OH excluding ortho intramolecular Hbond substituents is 1. The average molecular weight is 337 g/mol. The molecule has 128 valence electrons. The Labute approximate surface area is 145 Å². The molecule has 3 N–H and O–H groups in total. The van der Waals surface area contributed by atoms with Gasteiger partial charge in [-0.15, -0.1) is 0 Å². The van der Waals surface area contributed by atoms with Crippen molar-refractivity contribution in [1.82, 2.24) is 15.5 Å². The Morgan fingerprint density at radius 2 is 1.92 bits per heavy atom. The molecule has 6 nitrogen and oxygen atoms in total. The van der Waals surface area contributed by atoms with Gasteiger partial charge in [0.2, 0.25) is 0 Å². The van der Waals surface area contributed by atoms with Crippen molar-refractivity contribution in [2.75, 3.05) is 0 Å². The molecule has 6 heteroatoms. The van der Waals surface area contributed by atoms with E-state index >= 15 is 0 Å². The molecule has 0 spiro atoms. The minimum atomic E-state index is -0.339. The Balaban J connectivity index is 1.60. The van der Waals surface area contributed by atoms with Gasteiger partial charge in [0.25, 0.3) is 5.91 Å². The van der Waals surface area contributed by atoms with E-state index < -0.39 is 0 Å². The summed E-state index contributed by atoms with van der Waals surface area (Å²) in [4.78, 5) is 12.3. The number of para-hydroxylation sites is 2. The molecular formula is C19H19N3O3. The van der Waals surface area contributed by atoms with Crippen LogP contribution in [0.1, 0.15) is 34.7 Å². The van der Waals surface area contributed by atoms with Crippen LogP contribution in [0.3, 0.4) is 0 Å². The standard InChI is InChI=1S/C19H19N3O3/c1-13(16-9-5-6-10-18(16)23)20-19(24)17-11-14(21-22-17)12-25-15-7-3-2-4-8-15/h2-11,13,23H,12H2,1H3,(H,20,24)(H,21,22)/t13-/m0/s1. The topological polar surface area (TPSA) is 87.2 Å². The number of nitrogens with zero attached hydrogens (tertiary/aromatic N) is 1. The maximum Gasteiger partial charge on any atom is 0.272 e. The van der Waals surface area contributed by atoms with Gasteiger partial charge in [-0.2, -0.15) is 5.10 Å². The lowest BCUT2D eigenvalue weighted by atomic mass is 10.1. The van der Waals surface area contributed by atoms with E-state index in [0.29, 0.717) is 17.9 Å². The number of H-pyrrole nitrogens is 1. The lowest BCUT2D eigenvalue weighted by molar-refractivity contribution is 0.0934. The summed E-state index contributed by atoms with van der Waals surface area (Å²) in [5, 5.41) is 19.5. The van der Waals surface area contributed by atoms with Crippen molar-refractivity contribution in [1.29, 1.82) is 0 Å². The third kappa shape index (κ3) is 4.17. The van der Waals surface area contributed by atoms with Crippen molar-refractivity contribution in [3.8, 4) is 11.5 Å². The highest BCUT2D eigenvalue weighted by Gasteiger charge is 2.16. The predicted molar refractivity (Wildman–Crippen MR) is 93.3 cm³/mol. The number of carbonyl (C=O) groups is 1. The van der Waals surface area contributed by atoms with E-state index in [9.17, 15) is 9.90 Å². The molecule has 0 aliphatic carbocycles. The lowest BCUT2D eigenvalue weighted by Crippen LogP contribution is -2.27. The fourth-order valence-corrected chi connectivity index (χ4v) is 2.43. The number of nitrogens with one attached hydrogen (secondary N) is 2. The monoisotopic (exact) mass is 337 g/mol. The quantitative estimate of drug-likeness (QED) is 0.645. The Kier molecular flexibility index (Phi) is 4.99. The number of benzene rings is 2. The number of hydrogen-bond acceptors (Lipinski definition) is 4. The molecule has 0 aliphatic rings. The molecule has 3 aromatic rings. The maximum absolute atomic E-state index is 12.3. The number of ether oxygens (including phenoxy) is 1. The molecule has 1 heterocycles. The predicted octanol–water partition coefficient (Wildman–Crippen LogP) is 3.19.